The van der Waals surface area contributed by atoms with Gasteiger partial charge < -0.3 is 8.98 Å². The number of hydrogen-bond acceptors (Lipinski definition) is 1. The molecule has 0 aliphatic carbocycles. The number of hydrogen-bond donors (Lipinski definition) is 0. The van der Waals surface area contributed by atoms with Gasteiger partial charge in [-0.3, -0.25) is 0 Å². The Labute approximate surface area is 233 Å². The number of rotatable bonds is 3. The molecule has 0 bridgehead atoms. The van der Waals surface area contributed by atoms with Crippen molar-refractivity contribution in [3.63, 3.8) is 0 Å². The van der Waals surface area contributed by atoms with Gasteiger partial charge in [0.25, 0.3) is 0 Å². The topological polar surface area (TPSA) is 18.1 Å². The number of furan rings is 1. The van der Waals surface area contributed by atoms with Gasteiger partial charge in [-0.25, -0.2) is 0 Å². The summed E-state index contributed by atoms with van der Waals surface area (Å²) in [5, 5.41) is 4.77. The highest BCUT2D eigenvalue weighted by Crippen LogP contribution is 2.37. The quantitative estimate of drug-likeness (QED) is 0.209. The van der Waals surface area contributed by atoms with E-state index in [0.29, 0.717) is 0 Å². The molecular formula is C36H22BrNO. The highest BCUT2D eigenvalue weighted by Gasteiger charge is 2.15. The van der Waals surface area contributed by atoms with Crippen LogP contribution in [0.1, 0.15) is 0 Å². The molecule has 0 fully saturated rings. The average molecular weight is 564 g/mol. The second kappa shape index (κ2) is 8.72. The summed E-state index contributed by atoms with van der Waals surface area (Å²) in [5.74, 6) is 0. The first-order valence-electron chi connectivity index (χ1n) is 13.0. The molecule has 8 rings (SSSR count). The van der Waals surface area contributed by atoms with E-state index in [-0.39, 0.29) is 0 Å². The molecule has 2 heterocycles. The Hall–Kier alpha value is -4.60. The molecule has 0 saturated heterocycles. The Kier molecular flexibility index (Phi) is 5.01. The van der Waals surface area contributed by atoms with E-state index < -0.39 is 0 Å². The zero-order valence-corrected chi connectivity index (χ0v) is 22.5. The van der Waals surface area contributed by atoms with Crippen LogP contribution >= 0.6 is 15.9 Å². The highest BCUT2D eigenvalue weighted by atomic mass is 79.9. The summed E-state index contributed by atoms with van der Waals surface area (Å²) in [6, 6.07) is 47.4. The van der Waals surface area contributed by atoms with Crippen LogP contribution in [-0.2, 0) is 0 Å². The Morgan fingerprint density at radius 3 is 2.00 bits per heavy atom. The lowest BCUT2D eigenvalue weighted by molar-refractivity contribution is 0.669. The van der Waals surface area contributed by atoms with Crippen LogP contribution in [0.3, 0.4) is 0 Å². The molecule has 0 spiro atoms. The summed E-state index contributed by atoms with van der Waals surface area (Å²) in [5.41, 5.74) is 10.1. The third kappa shape index (κ3) is 3.54. The third-order valence-corrected chi connectivity index (χ3v) is 8.39. The smallest absolute Gasteiger partial charge is 0.135 e. The van der Waals surface area contributed by atoms with Crippen molar-refractivity contribution < 1.29 is 4.42 Å². The monoisotopic (exact) mass is 563 g/mol. The van der Waals surface area contributed by atoms with Crippen molar-refractivity contribution in [1.82, 2.24) is 4.57 Å². The fourth-order valence-corrected chi connectivity index (χ4v) is 6.33. The highest BCUT2D eigenvalue weighted by molar-refractivity contribution is 9.10. The zero-order valence-electron chi connectivity index (χ0n) is 20.9. The van der Waals surface area contributed by atoms with Gasteiger partial charge in [0.2, 0.25) is 0 Å². The van der Waals surface area contributed by atoms with Gasteiger partial charge in [0.05, 0.1) is 11.0 Å². The molecule has 2 nitrogen and oxygen atoms in total. The minimum atomic E-state index is 0.909. The summed E-state index contributed by atoms with van der Waals surface area (Å²) in [6.07, 6.45) is 0. The summed E-state index contributed by atoms with van der Waals surface area (Å²) in [7, 11) is 0. The van der Waals surface area contributed by atoms with Gasteiger partial charge in [-0.15, -0.1) is 0 Å². The number of benzene rings is 6. The number of aromatic nitrogens is 1. The zero-order chi connectivity index (χ0) is 25.9. The van der Waals surface area contributed by atoms with Crippen molar-refractivity contribution in [2.45, 2.75) is 0 Å². The minimum Gasteiger partial charge on any atom is -0.456 e. The molecule has 39 heavy (non-hydrogen) atoms. The number of halogens is 1. The first kappa shape index (κ1) is 22.4. The molecule has 0 aliphatic rings. The normalized spacial score (nSPS) is 11.7. The Morgan fingerprint density at radius 1 is 0.462 bits per heavy atom. The maximum Gasteiger partial charge on any atom is 0.135 e. The Morgan fingerprint density at radius 2 is 1.13 bits per heavy atom. The van der Waals surface area contributed by atoms with Crippen LogP contribution in [0.15, 0.2) is 142 Å². The maximum absolute atomic E-state index is 6.11. The van der Waals surface area contributed by atoms with Crippen LogP contribution in [0.5, 0.6) is 0 Å². The van der Waals surface area contributed by atoms with E-state index in [0.717, 1.165) is 32.1 Å². The fourth-order valence-electron chi connectivity index (χ4n) is 5.82. The molecule has 2 aromatic heterocycles. The lowest BCUT2D eigenvalue weighted by Gasteiger charge is -2.10. The van der Waals surface area contributed by atoms with Crippen molar-refractivity contribution in [2.75, 3.05) is 0 Å². The molecule has 0 aliphatic heterocycles. The van der Waals surface area contributed by atoms with Crippen LogP contribution in [0.4, 0.5) is 0 Å². The van der Waals surface area contributed by atoms with E-state index in [9.17, 15) is 0 Å². The third-order valence-electron chi connectivity index (χ3n) is 7.70. The van der Waals surface area contributed by atoms with Gasteiger partial charge in [0, 0.05) is 31.7 Å². The first-order chi connectivity index (χ1) is 19.2. The van der Waals surface area contributed by atoms with Crippen LogP contribution in [0, 0.1) is 0 Å². The largest absolute Gasteiger partial charge is 0.456 e. The number of nitrogens with zero attached hydrogens (tertiary/aromatic N) is 1. The van der Waals surface area contributed by atoms with Crippen LogP contribution in [0.2, 0.25) is 0 Å². The molecule has 0 unspecified atom stereocenters. The Bertz CT molecular complexity index is 2180. The molecule has 0 atom stereocenters. The van der Waals surface area contributed by atoms with Gasteiger partial charge in [0.1, 0.15) is 11.2 Å². The summed E-state index contributed by atoms with van der Waals surface area (Å²) in [4.78, 5) is 0. The van der Waals surface area contributed by atoms with Gasteiger partial charge in [0.15, 0.2) is 0 Å². The predicted octanol–water partition coefficient (Wildman–Crippen LogP) is 10.8. The lowest BCUT2D eigenvalue weighted by atomic mass is 9.99. The van der Waals surface area contributed by atoms with E-state index in [2.05, 4.69) is 136 Å². The molecular weight excluding hydrogens is 542 g/mol. The van der Waals surface area contributed by atoms with Gasteiger partial charge in [-0.2, -0.15) is 0 Å². The van der Waals surface area contributed by atoms with Gasteiger partial charge in [-0.05, 0) is 64.7 Å². The molecule has 184 valence electrons. The maximum atomic E-state index is 6.11. The van der Waals surface area contributed by atoms with Crippen molar-refractivity contribution in [3.8, 4) is 27.9 Å². The number of para-hydroxylation sites is 2. The fraction of sp³-hybridized carbons (Fsp3) is 0. The summed E-state index contributed by atoms with van der Waals surface area (Å²) in [6.45, 7) is 0. The Balaban J connectivity index is 1.32. The van der Waals surface area contributed by atoms with E-state index in [1.807, 2.05) is 18.2 Å². The minimum absolute atomic E-state index is 0.909. The lowest BCUT2D eigenvalue weighted by Crippen LogP contribution is -1.93. The average Bonchev–Trinajstić information content (AvgIpc) is 3.52. The van der Waals surface area contributed by atoms with E-state index in [1.165, 1.54) is 44.1 Å². The molecule has 0 amide bonds. The molecule has 6 aromatic carbocycles. The summed E-state index contributed by atoms with van der Waals surface area (Å²) >= 11 is 3.69. The molecule has 0 radical (unpaired) electrons. The van der Waals surface area contributed by atoms with Crippen molar-refractivity contribution in [1.29, 1.82) is 0 Å². The van der Waals surface area contributed by atoms with Gasteiger partial charge in [-0.1, -0.05) is 107 Å². The van der Waals surface area contributed by atoms with E-state index in [4.69, 9.17) is 4.42 Å². The van der Waals surface area contributed by atoms with Gasteiger partial charge >= 0.3 is 0 Å². The molecule has 3 heteroatoms. The standard InChI is InChI=1S/C36H22BrNO/c37-32-10-4-1-7-27(32)24-15-13-23(14-16-24)25-17-19-29-28-8-2-5-11-33(28)38(34(29)21-25)26-18-20-36-31(22-26)30-9-3-6-12-35(30)39-36/h1-22H. The van der Waals surface area contributed by atoms with Crippen molar-refractivity contribution >= 4 is 59.7 Å². The van der Waals surface area contributed by atoms with Crippen molar-refractivity contribution in [2.24, 2.45) is 0 Å². The SMILES string of the molecule is Brc1ccccc1-c1ccc(-c2ccc3c4ccccc4n(-c4ccc5oc6ccccc6c5c4)c3c2)cc1. The van der Waals surface area contributed by atoms with E-state index >= 15 is 0 Å². The molecule has 8 aromatic rings. The van der Waals surface area contributed by atoms with Crippen LogP contribution in [-0.4, -0.2) is 4.57 Å². The second-order valence-corrected chi connectivity index (χ2v) is 10.8. The summed E-state index contributed by atoms with van der Waals surface area (Å²) < 4.78 is 9.60. The number of fused-ring (bicyclic) bond motifs is 6. The van der Waals surface area contributed by atoms with Crippen LogP contribution in [0.25, 0.3) is 71.7 Å². The first-order valence-corrected chi connectivity index (χ1v) is 13.8. The molecule has 0 saturated carbocycles. The molecule has 0 N–H and O–H groups in total. The van der Waals surface area contributed by atoms with Crippen LogP contribution < -0.4 is 0 Å². The van der Waals surface area contributed by atoms with E-state index in [1.54, 1.807) is 0 Å². The van der Waals surface area contributed by atoms with Crippen molar-refractivity contribution in [3.05, 3.63) is 138 Å². The second-order valence-electron chi connectivity index (χ2n) is 9.92. The predicted molar refractivity (Wildman–Crippen MR) is 167 cm³/mol.